The molecule has 0 bridgehead atoms. The number of nitrogens with zero attached hydrogens (tertiary/aromatic N) is 2. The van der Waals surface area contributed by atoms with Crippen LogP contribution < -0.4 is 5.32 Å². The van der Waals surface area contributed by atoms with Gasteiger partial charge in [0.1, 0.15) is 11.6 Å². The molecule has 0 saturated heterocycles. The largest absolute Gasteiger partial charge is 0.352 e. The van der Waals surface area contributed by atoms with E-state index in [-0.39, 0.29) is 17.5 Å². The molecule has 118 valence electrons. The summed E-state index contributed by atoms with van der Waals surface area (Å²) in [6.07, 6.45) is 1.65. The van der Waals surface area contributed by atoms with Crippen molar-refractivity contribution in [3.8, 4) is 6.07 Å². The lowest BCUT2D eigenvalue weighted by Gasteiger charge is -2.13. The van der Waals surface area contributed by atoms with Crippen molar-refractivity contribution in [3.05, 3.63) is 64.5 Å². The minimum absolute atomic E-state index is 0.112. The number of hydrogen-bond acceptors (Lipinski definition) is 2. The van der Waals surface area contributed by atoms with Crippen LogP contribution in [0.1, 0.15) is 35.5 Å². The Labute approximate surface area is 137 Å². The van der Waals surface area contributed by atoms with Crippen molar-refractivity contribution in [2.75, 3.05) is 0 Å². The van der Waals surface area contributed by atoms with E-state index in [2.05, 4.69) is 5.32 Å². The number of aryl methyl sites for hydroxylation is 1. The van der Waals surface area contributed by atoms with Crippen LogP contribution in [0.3, 0.4) is 0 Å². The molecule has 0 fully saturated rings. The number of carbonyl (C=O) groups is 1. The predicted molar refractivity (Wildman–Crippen MR) is 91.5 cm³/mol. The molecule has 1 atom stereocenters. The standard InChI is InChI=1S/C19H21N3O/c1-13-10-17(15(3)22(13)4)11-18(12-20)19(23)21-14(2)16-8-6-5-7-9-16/h5-11,14H,1-4H3,(H,21,23)/b18-11-/t14-/m1/s1. The molecule has 0 radical (unpaired) electrons. The number of amides is 1. The lowest BCUT2D eigenvalue weighted by atomic mass is 10.1. The van der Waals surface area contributed by atoms with Gasteiger partial charge in [-0.25, -0.2) is 0 Å². The van der Waals surface area contributed by atoms with Gasteiger partial charge in [-0.05, 0) is 44.0 Å². The average molecular weight is 307 g/mol. The Kier molecular flexibility index (Phi) is 5.02. The van der Waals surface area contributed by atoms with Gasteiger partial charge < -0.3 is 9.88 Å². The molecule has 0 aliphatic heterocycles. The second kappa shape index (κ2) is 6.97. The number of nitriles is 1. The van der Waals surface area contributed by atoms with E-state index in [0.29, 0.717) is 0 Å². The Morgan fingerprint density at radius 3 is 2.48 bits per heavy atom. The summed E-state index contributed by atoms with van der Waals surface area (Å²) in [5.74, 6) is -0.357. The molecule has 0 spiro atoms. The Balaban J connectivity index is 2.20. The fraction of sp³-hybridized carbons (Fsp3) is 0.263. The molecule has 0 aliphatic rings. The normalized spacial score (nSPS) is 12.6. The van der Waals surface area contributed by atoms with E-state index in [1.54, 1.807) is 6.08 Å². The summed E-state index contributed by atoms with van der Waals surface area (Å²) in [5, 5.41) is 12.2. The van der Waals surface area contributed by atoms with E-state index in [9.17, 15) is 10.1 Å². The van der Waals surface area contributed by atoms with E-state index in [4.69, 9.17) is 0 Å². The highest BCUT2D eigenvalue weighted by Crippen LogP contribution is 2.18. The minimum atomic E-state index is -0.357. The van der Waals surface area contributed by atoms with Crippen LogP contribution in [0.25, 0.3) is 6.08 Å². The molecule has 1 aromatic heterocycles. The first kappa shape index (κ1) is 16.6. The third-order valence-corrected chi connectivity index (χ3v) is 4.13. The fourth-order valence-corrected chi connectivity index (χ4v) is 2.43. The van der Waals surface area contributed by atoms with Gasteiger partial charge in [0.2, 0.25) is 0 Å². The van der Waals surface area contributed by atoms with Crippen molar-refractivity contribution in [2.45, 2.75) is 26.8 Å². The van der Waals surface area contributed by atoms with Gasteiger partial charge in [0.25, 0.3) is 5.91 Å². The van der Waals surface area contributed by atoms with Gasteiger partial charge in [-0.2, -0.15) is 5.26 Å². The monoisotopic (exact) mass is 307 g/mol. The number of hydrogen-bond donors (Lipinski definition) is 1. The van der Waals surface area contributed by atoms with Gasteiger partial charge >= 0.3 is 0 Å². The van der Waals surface area contributed by atoms with Gasteiger partial charge in [-0.15, -0.1) is 0 Å². The summed E-state index contributed by atoms with van der Waals surface area (Å²) in [6, 6.07) is 13.5. The van der Waals surface area contributed by atoms with Crippen LogP contribution in [0, 0.1) is 25.2 Å². The Morgan fingerprint density at radius 2 is 1.96 bits per heavy atom. The maximum absolute atomic E-state index is 12.4. The van der Waals surface area contributed by atoms with Crippen molar-refractivity contribution in [3.63, 3.8) is 0 Å². The molecule has 2 aromatic rings. The predicted octanol–water partition coefficient (Wildman–Crippen LogP) is 3.43. The van der Waals surface area contributed by atoms with E-state index in [0.717, 1.165) is 22.5 Å². The SMILES string of the molecule is Cc1cc(/C=C(/C#N)C(=O)N[C@H](C)c2ccccc2)c(C)n1C. The first-order valence-electron chi connectivity index (χ1n) is 7.54. The Morgan fingerprint density at radius 1 is 1.30 bits per heavy atom. The van der Waals surface area contributed by atoms with Crippen LogP contribution in [0.2, 0.25) is 0 Å². The zero-order chi connectivity index (χ0) is 17.0. The Bertz CT molecular complexity index is 779. The van der Waals surface area contributed by atoms with Crippen LogP contribution in [-0.4, -0.2) is 10.5 Å². The molecule has 0 unspecified atom stereocenters. The summed E-state index contributed by atoms with van der Waals surface area (Å²) in [6.45, 7) is 5.87. The van der Waals surface area contributed by atoms with Crippen LogP contribution in [0.15, 0.2) is 42.0 Å². The molecular weight excluding hydrogens is 286 g/mol. The summed E-state index contributed by atoms with van der Waals surface area (Å²) in [5.41, 5.74) is 4.12. The molecule has 23 heavy (non-hydrogen) atoms. The highest BCUT2D eigenvalue weighted by molar-refractivity contribution is 6.02. The van der Waals surface area contributed by atoms with Gasteiger partial charge in [-0.3, -0.25) is 4.79 Å². The smallest absolute Gasteiger partial charge is 0.262 e. The zero-order valence-corrected chi connectivity index (χ0v) is 13.9. The van der Waals surface area contributed by atoms with Crippen molar-refractivity contribution in [1.29, 1.82) is 5.26 Å². The second-order valence-corrected chi connectivity index (χ2v) is 5.66. The molecule has 2 rings (SSSR count). The van der Waals surface area contributed by atoms with Crippen molar-refractivity contribution in [2.24, 2.45) is 7.05 Å². The molecule has 0 aliphatic carbocycles. The maximum atomic E-state index is 12.4. The summed E-state index contributed by atoms with van der Waals surface area (Å²) in [4.78, 5) is 12.4. The summed E-state index contributed by atoms with van der Waals surface area (Å²) < 4.78 is 2.03. The highest BCUT2D eigenvalue weighted by atomic mass is 16.1. The first-order chi connectivity index (χ1) is 10.9. The van der Waals surface area contributed by atoms with Crippen molar-refractivity contribution in [1.82, 2.24) is 9.88 Å². The molecule has 1 heterocycles. The van der Waals surface area contributed by atoms with Gasteiger partial charge in [0.05, 0.1) is 6.04 Å². The second-order valence-electron chi connectivity index (χ2n) is 5.66. The topological polar surface area (TPSA) is 57.8 Å². The van der Waals surface area contributed by atoms with Crippen LogP contribution >= 0.6 is 0 Å². The van der Waals surface area contributed by atoms with Crippen LogP contribution in [-0.2, 0) is 11.8 Å². The van der Waals surface area contributed by atoms with Crippen LogP contribution in [0.5, 0.6) is 0 Å². The summed E-state index contributed by atoms with van der Waals surface area (Å²) in [7, 11) is 1.96. The number of aromatic nitrogens is 1. The fourth-order valence-electron chi connectivity index (χ4n) is 2.43. The first-order valence-corrected chi connectivity index (χ1v) is 7.54. The molecule has 1 aromatic carbocycles. The minimum Gasteiger partial charge on any atom is -0.352 e. The number of carbonyl (C=O) groups excluding carboxylic acids is 1. The Hall–Kier alpha value is -2.80. The number of rotatable bonds is 4. The van der Waals surface area contributed by atoms with E-state index >= 15 is 0 Å². The summed E-state index contributed by atoms with van der Waals surface area (Å²) >= 11 is 0. The van der Waals surface area contributed by atoms with Crippen molar-refractivity contribution < 1.29 is 4.79 Å². The number of nitrogens with one attached hydrogen (secondary N) is 1. The highest BCUT2D eigenvalue weighted by Gasteiger charge is 2.15. The van der Waals surface area contributed by atoms with Crippen LogP contribution in [0.4, 0.5) is 0 Å². The molecular formula is C19H21N3O. The lowest BCUT2D eigenvalue weighted by molar-refractivity contribution is -0.117. The van der Waals surface area contributed by atoms with Gasteiger partial charge in [0.15, 0.2) is 0 Å². The molecule has 4 heteroatoms. The number of benzene rings is 1. The molecule has 1 N–H and O–H groups in total. The van der Waals surface area contributed by atoms with Crippen molar-refractivity contribution >= 4 is 12.0 Å². The maximum Gasteiger partial charge on any atom is 0.262 e. The third kappa shape index (κ3) is 3.70. The van der Waals surface area contributed by atoms with Gasteiger partial charge in [-0.1, -0.05) is 30.3 Å². The van der Waals surface area contributed by atoms with E-state index in [1.807, 2.05) is 74.9 Å². The molecule has 4 nitrogen and oxygen atoms in total. The quantitative estimate of drug-likeness (QED) is 0.695. The molecule has 1 amide bonds. The third-order valence-electron chi connectivity index (χ3n) is 4.13. The lowest BCUT2D eigenvalue weighted by Crippen LogP contribution is -2.27. The van der Waals surface area contributed by atoms with E-state index < -0.39 is 0 Å². The molecule has 0 saturated carbocycles. The van der Waals surface area contributed by atoms with E-state index in [1.165, 1.54) is 0 Å². The average Bonchev–Trinajstić information content (AvgIpc) is 2.80. The van der Waals surface area contributed by atoms with Gasteiger partial charge in [0, 0.05) is 18.4 Å². The zero-order valence-electron chi connectivity index (χ0n) is 13.9.